The molecule has 1 atom stereocenters. The van der Waals surface area contributed by atoms with Gasteiger partial charge in [0.15, 0.2) is 0 Å². The van der Waals surface area contributed by atoms with E-state index < -0.39 is 29.4 Å². The molecule has 0 bridgehead atoms. The summed E-state index contributed by atoms with van der Waals surface area (Å²) in [5.74, 6) is -3.49. The van der Waals surface area contributed by atoms with Crippen LogP contribution in [-0.4, -0.2) is 22.9 Å². The fraction of sp³-hybridized carbons (Fsp3) is 0.200. The Labute approximate surface area is 193 Å². The fourth-order valence-corrected chi connectivity index (χ4v) is 4.64. The molecule has 2 aromatic carbocycles. The summed E-state index contributed by atoms with van der Waals surface area (Å²) in [4.78, 5) is 27.6. The number of Topliss-reactive ketones (excluding diaryl/α,β-unsaturated/α-hetero) is 1. The first-order valence-electron chi connectivity index (χ1n) is 10.3. The number of hydrogen-bond acceptors (Lipinski definition) is 5. The summed E-state index contributed by atoms with van der Waals surface area (Å²) in [5.41, 5.74) is 0.651. The predicted octanol–water partition coefficient (Wildman–Crippen LogP) is 5.75. The number of halogens is 2. The van der Waals surface area contributed by atoms with Crippen molar-refractivity contribution in [3.05, 3.63) is 87.1 Å². The van der Waals surface area contributed by atoms with Gasteiger partial charge in [0.2, 0.25) is 0 Å². The number of amides is 1. The summed E-state index contributed by atoms with van der Waals surface area (Å²) in [6.45, 7) is 5.59. The van der Waals surface area contributed by atoms with Gasteiger partial charge in [-0.2, -0.15) is 0 Å². The van der Waals surface area contributed by atoms with Gasteiger partial charge in [0.1, 0.15) is 29.2 Å². The van der Waals surface area contributed by atoms with E-state index in [0.717, 1.165) is 22.6 Å². The molecule has 1 N–H and O–H groups in total. The number of nitrogens with zero attached hydrogens (tertiary/aromatic N) is 1. The Morgan fingerprint density at radius 3 is 2.48 bits per heavy atom. The largest absolute Gasteiger partial charge is 0.507 e. The van der Waals surface area contributed by atoms with Crippen molar-refractivity contribution in [3.8, 4) is 5.75 Å². The number of aryl methyl sites for hydroxylation is 1. The van der Waals surface area contributed by atoms with Gasteiger partial charge in [0, 0.05) is 16.5 Å². The van der Waals surface area contributed by atoms with Crippen molar-refractivity contribution in [3.63, 3.8) is 0 Å². The second kappa shape index (κ2) is 8.78. The van der Waals surface area contributed by atoms with E-state index in [2.05, 4.69) is 0 Å². The van der Waals surface area contributed by atoms with Gasteiger partial charge in [-0.25, -0.2) is 8.78 Å². The first kappa shape index (κ1) is 22.7. The molecule has 1 saturated heterocycles. The molecule has 0 saturated carbocycles. The fourth-order valence-electron chi connectivity index (χ4n) is 3.81. The third-order valence-corrected chi connectivity index (χ3v) is 6.16. The predicted molar refractivity (Wildman–Crippen MR) is 122 cm³/mol. The van der Waals surface area contributed by atoms with Crippen LogP contribution in [0.5, 0.6) is 5.75 Å². The van der Waals surface area contributed by atoms with Crippen LogP contribution in [0, 0.1) is 18.6 Å². The van der Waals surface area contributed by atoms with E-state index in [0.29, 0.717) is 22.3 Å². The zero-order valence-corrected chi connectivity index (χ0v) is 19.0. The van der Waals surface area contributed by atoms with Crippen molar-refractivity contribution in [2.45, 2.75) is 32.9 Å². The van der Waals surface area contributed by atoms with E-state index in [-0.39, 0.29) is 23.1 Å². The molecular weight excluding hydrogens is 448 g/mol. The second-order valence-corrected chi connectivity index (χ2v) is 8.91. The molecule has 1 aromatic heterocycles. The van der Waals surface area contributed by atoms with Gasteiger partial charge < -0.3 is 9.84 Å². The van der Waals surface area contributed by atoms with Crippen LogP contribution in [0.25, 0.3) is 5.76 Å². The zero-order chi connectivity index (χ0) is 23.9. The minimum Gasteiger partial charge on any atom is -0.507 e. The Kier molecular flexibility index (Phi) is 6.03. The Balaban J connectivity index is 1.88. The van der Waals surface area contributed by atoms with Crippen LogP contribution in [0.1, 0.15) is 35.9 Å². The van der Waals surface area contributed by atoms with Gasteiger partial charge in [-0.3, -0.25) is 14.5 Å². The standard InChI is InChI=1S/C25H21F2NO4S/c1-13(2)32-19-9-6-15(11-14(19)3)23(29)21-22(20-5-4-10-33-20)28(25(31)24(21)30)18-8-7-16(26)12-17(18)27/h4-13,22,29H,1-3H3/b23-21-. The number of anilines is 1. The number of ether oxygens (including phenoxy) is 1. The van der Waals surface area contributed by atoms with Crippen molar-refractivity contribution in [1.82, 2.24) is 0 Å². The van der Waals surface area contributed by atoms with Crippen LogP contribution in [-0.2, 0) is 9.59 Å². The van der Waals surface area contributed by atoms with Gasteiger partial charge in [-0.05, 0) is 68.1 Å². The third kappa shape index (κ3) is 4.14. The molecular formula is C25H21F2NO4S. The summed E-state index contributed by atoms with van der Waals surface area (Å²) in [6, 6.07) is 10.1. The molecule has 3 aromatic rings. The lowest BCUT2D eigenvalue weighted by atomic mass is 9.98. The summed E-state index contributed by atoms with van der Waals surface area (Å²) >= 11 is 1.25. The molecule has 5 nitrogen and oxygen atoms in total. The summed E-state index contributed by atoms with van der Waals surface area (Å²) < 4.78 is 33.8. The maximum atomic E-state index is 14.6. The summed E-state index contributed by atoms with van der Waals surface area (Å²) in [5, 5.41) is 12.9. The first-order valence-corrected chi connectivity index (χ1v) is 11.1. The molecule has 1 aliphatic heterocycles. The maximum absolute atomic E-state index is 14.6. The van der Waals surface area contributed by atoms with E-state index >= 15 is 0 Å². The lowest BCUT2D eigenvalue weighted by Gasteiger charge is -2.24. The number of benzene rings is 2. The van der Waals surface area contributed by atoms with Crippen molar-refractivity contribution in [2.24, 2.45) is 0 Å². The van der Waals surface area contributed by atoms with Gasteiger partial charge >= 0.3 is 0 Å². The molecule has 2 heterocycles. The van der Waals surface area contributed by atoms with E-state index in [4.69, 9.17) is 4.74 Å². The van der Waals surface area contributed by atoms with E-state index in [1.165, 1.54) is 11.3 Å². The average Bonchev–Trinajstić information content (AvgIpc) is 3.36. The summed E-state index contributed by atoms with van der Waals surface area (Å²) in [7, 11) is 0. The van der Waals surface area contributed by atoms with Crippen molar-refractivity contribution < 1.29 is 28.2 Å². The quantitative estimate of drug-likeness (QED) is 0.294. The molecule has 1 aliphatic rings. The van der Waals surface area contributed by atoms with E-state index in [1.807, 2.05) is 13.8 Å². The number of aliphatic hydroxyl groups is 1. The Morgan fingerprint density at radius 1 is 1.12 bits per heavy atom. The number of carbonyl (C=O) groups excluding carboxylic acids is 2. The molecule has 1 fully saturated rings. The van der Waals surface area contributed by atoms with Crippen LogP contribution in [0.3, 0.4) is 0 Å². The molecule has 33 heavy (non-hydrogen) atoms. The van der Waals surface area contributed by atoms with E-state index in [9.17, 15) is 23.5 Å². The number of hydrogen-bond donors (Lipinski definition) is 1. The van der Waals surface area contributed by atoms with Crippen LogP contribution < -0.4 is 9.64 Å². The molecule has 0 radical (unpaired) electrons. The number of thiophene rings is 1. The van der Waals surface area contributed by atoms with Gasteiger partial charge in [0.25, 0.3) is 11.7 Å². The van der Waals surface area contributed by atoms with Crippen LogP contribution in [0.15, 0.2) is 59.5 Å². The molecule has 4 rings (SSSR count). The molecule has 170 valence electrons. The average molecular weight is 470 g/mol. The van der Waals surface area contributed by atoms with Crippen LogP contribution in [0.4, 0.5) is 14.5 Å². The monoisotopic (exact) mass is 469 g/mol. The summed E-state index contributed by atoms with van der Waals surface area (Å²) in [6.07, 6.45) is -0.0436. The number of ketones is 1. The Morgan fingerprint density at radius 2 is 1.88 bits per heavy atom. The number of carbonyl (C=O) groups is 2. The van der Waals surface area contributed by atoms with Crippen molar-refractivity contribution >= 4 is 34.5 Å². The van der Waals surface area contributed by atoms with E-state index in [1.54, 1.807) is 42.6 Å². The smallest absolute Gasteiger partial charge is 0.300 e. The highest BCUT2D eigenvalue weighted by atomic mass is 32.1. The van der Waals surface area contributed by atoms with Gasteiger partial charge in [0.05, 0.1) is 17.4 Å². The molecule has 8 heteroatoms. The SMILES string of the molecule is Cc1cc(/C(O)=C2/C(=O)C(=O)N(c3ccc(F)cc3F)C2c2cccs2)ccc1OC(C)C. The van der Waals surface area contributed by atoms with Crippen molar-refractivity contribution in [2.75, 3.05) is 4.90 Å². The third-order valence-electron chi connectivity index (χ3n) is 5.24. The van der Waals surface area contributed by atoms with Crippen molar-refractivity contribution in [1.29, 1.82) is 0 Å². The lowest BCUT2D eigenvalue weighted by molar-refractivity contribution is -0.132. The molecule has 1 amide bonds. The molecule has 0 spiro atoms. The minimum atomic E-state index is -1.06. The Bertz CT molecular complexity index is 1270. The first-order chi connectivity index (χ1) is 15.7. The topological polar surface area (TPSA) is 66.8 Å². The minimum absolute atomic E-state index is 0.0436. The lowest BCUT2D eigenvalue weighted by Crippen LogP contribution is -2.30. The normalized spacial score (nSPS) is 17.8. The maximum Gasteiger partial charge on any atom is 0.300 e. The van der Waals surface area contributed by atoms with Gasteiger partial charge in [-0.15, -0.1) is 11.3 Å². The highest BCUT2D eigenvalue weighted by Gasteiger charge is 2.48. The number of rotatable bonds is 5. The van der Waals surface area contributed by atoms with Crippen LogP contribution >= 0.6 is 11.3 Å². The number of aliphatic hydroxyl groups excluding tert-OH is 1. The van der Waals surface area contributed by atoms with Crippen LogP contribution in [0.2, 0.25) is 0 Å². The zero-order valence-electron chi connectivity index (χ0n) is 18.1. The molecule has 1 unspecified atom stereocenters. The Hall–Kier alpha value is -3.52. The highest BCUT2D eigenvalue weighted by molar-refractivity contribution is 7.10. The molecule has 0 aliphatic carbocycles. The second-order valence-electron chi connectivity index (χ2n) is 7.93. The van der Waals surface area contributed by atoms with Gasteiger partial charge in [-0.1, -0.05) is 6.07 Å². The highest BCUT2D eigenvalue weighted by Crippen LogP contribution is 2.44.